The molecule has 20 heavy (non-hydrogen) atoms. The Morgan fingerprint density at radius 1 is 1.30 bits per heavy atom. The minimum Gasteiger partial charge on any atom is -0.469 e. The number of hydroxylamine groups is 3. The Balaban J connectivity index is 0.000000257. The zero-order valence-electron chi connectivity index (χ0n) is 11.8. The first kappa shape index (κ1) is 15.7. The van der Waals surface area contributed by atoms with E-state index in [4.69, 9.17) is 14.1 Å². The fourth-order valence-electron chi connectivity index (χ4n) is 3.67. The van der Waals surface area contributed by atoms with Crippen LogP contribution in [0.25, 0.3) is 0 Å². The van der Waals surface area contributed by atoms with E-state index < -0.39 is 10.1 Å². The highest BCUT2D eigenvalue weighted by molar-refractivity contribution is 7.85. The molecule has 3 rings (SSSR count). The molecule has 0 aliphatic carbocycles. The second-order valence-corrected chi connectivity index (χ2v) is 7.14. The van der Waals surface area contributed by atoms with Crippen molar-refractivity contribution in [2.24, 2.45) is 5.92 Å². The maximum absolute atomic E-state index is 11.7. The van der Waals surface area contributed by atoms with Crippen molar-refractivity contribution >= 4 is 16.1 Å². The fraction of sp³-hybridized carbons (Fsp3) is 0.917. The van der Waals surface area contributed by atoms with Crippen LogP contribution in [0.4, 0.5) is 0 Å². The van der Waals surface area contributed by atoms with Gasteiger partial charge in [0.25, 0.3) is 10.1 Å². The lowest BCUT2D eigenvalue weighted by Gasteiger charge is -2.39. The number of fused-ring (bicyclic) bond motifs is 1. The van der Waals surface area contributed by atoms with Gasteiger partial charge in [0, 0.05) is 12.8 Å². The third-order valence-corrected chi connectivity index (χ3v) is 4.32. The van der Waals surface area contributed by atoms with E-state index >= 15 is 0 Å². The maximum Gasteiger partial charge on any atom is 0.317 e. The lowest BCUT2D eigenvalue weighted by molar-refractivity contribution is -1.10. The largest absolute Gasteiger partial charge is 0.469 e. The van der Waals surface area contributed by atoms with Crippen LogP contribution in [-0.4, -0.2) is 62.2 Å². The number of hydrogen-bond acceptors (Lipinski definition) is 5. The molecule has 3 heterocycles. The van der Waals surface area contributed by atoms with Crippen molar-refractivity contribution in [3.63, 3.8) is 0 Å². The molecule has 3 aliphatic rings. The lowest BCUT2D eigenvalue weighted by atomic mass is 9.83. The third kappa shape index (κ3) is 3.13. The third-order valence-electron chi connectivity index (χ3n) is 4.32. The molecule has 1 N–H and O–H groups in total. The normalized spacial score (nSPS) is 38.6. The number of methoxy groups -OCH3 is 1. The summed E-state index contributed by atoms with van der Waals surface area (Å²) in [6.07, 6.45) is 5.45. The van der Waals surface area contributed by atoms with Gasteiger partial charge in [0.15, 0.2) is 0 Å². The predicted octanol–water partition coefficient (Wildman–Crippen LogP) is 0.366. The SMILES string of the molecule is COC(=O)C1C2CC[N+]3(CCCCC13)O2.CS(=O)(=O)O. The van der Waals surface area contributed by atoms with E-state index in [0.29, 0.717) is 12.3 Å². The smallest absolute Gasteiger partial charge is 0.317 e. The summed E-state index contributed by atoms with van der Waals surface area (Å²) < 4.78 is 31.5. The lowest BCUT2D eigenvalue weighted by Crippen LogP contribution is -2.56. The van der Waals surface area contributed by atoms with Crippen LogP contribution >= 0.6 is 0 Å². The average Bonchev–Trinajstić information content (AvgIpc) is 2.89. The number of carbonyl (C=O) groups excluding carboxylic acids is 1. The van der Waals surface area contributed by atoms with Gasteiger partial charge in [-0.3, -0.25) is 9.35 Å². The van der Waals surface area contributed by atoms with E-state index in [-0.39, 0.29) is 18.0 Å². The summed E-state index contributed by atoms with van der Waals surface area (Å²) in [5, 5.41) is 0. The van der Waals surface area contributed by atoms with Crippen LogP contribution in [0, 0.1) is 5.92 Å². The molecule has 7 nitrogen and oxygen atoms in total. The number of esters is 1. The van der Waals surface area contributed by atoms with Crippen molar-refractivity contribution in [3.05, 3.63) is 0 Å². The van der Waals surface area contributed by atoms with E-state index in [9.17, 15) is 13.2 Å². The van der Waals surface area contributed by atoms with Crippen molar-refractivity contribution in [1.82, 2.24) is 0 Å². The molecular weight excluding hydrogens is 286 g/mol. The van der Waals surface area contributed by atoms with Gasteiger partial charge in [0.2, 0.25) is 0 Å². The number of nitrogens with zero attached hydrogens (tertiary/aromatic N) is 1. The quantitative estimate of drug-likeness (QED) is 0.427. The van der Waals surface area contributed by atoms with Crippen LogP contribution in [0.1, 0.15) is 25.7 Å². The monoisotopic (exact) mass is 308 g/mol. The Labute approximate surface area is 119 Å². The minimum atomic E-state index is -3.67. The first-order valence-electron chi connectivity index (χ1n) is 6.82. The second-order valence-electron chi connectivity index (χ2n) is 5.68. The fourth-order valence-corrected chi connectivity index (χ4v) is 3.67. The van der Waals surface area contributed by atoms with Crippen molar-refractivity contribution in [1.29, 1.82) is 0 Å². The minimum absolute atomic E-state index is 0.00375. The van der Waals surface area contributed by atoms with E-state index in [1.807, 2.05) is 0 Å². The van der Waals surface area contributed by atoms with Gasteiger partial charge in [-0.05, 0) is 12.8 Å². The van der Waals surface area contributed by atoms with Crippen LogP contribution in [0.15, 0.2) is 0 Å². The number of rotatable bonds is 1. The Morgan fingerprint density at radius 3 is 2.55 bits per heavy atom. The summed E-state index contributed by atoms with van der Waals surface area (Å²) in [5.41, 5.74) is 0. The molecule has 0 aromatic carbocycles. The molecule has 3 aliphatic heterocycles. The molecule has 116 valence electrons. The molecule has 0 amide bonds. The van der Waals surface area contributed by atoms with Crippen LogP contribution in [0.3, 0.4) is 0 Å². The van der Waals surface area contributed by atoms with Crippen molar-refractivity contribution in [3.8, 4) is 0 Å². The van der Waals surface area contributed by atoms with E-state index in [1.54, 1.807) is 0 Å². The van der Waals surface area contributed by atoms with Gasteiger partial charge in [0.05, 0.1) is 13.4 Å². The Bertz CT molecular complexity index is 470. The topological polar surface area (TPSA) is 89.9 Å². The standard InChI is InChI=1S/C11H18NO3.CH4O3S/c1-14-11(13)10-8-4-2-3-6-12(8)7-5-9(10)15-12;1-5(2,3)4/h8-10H,2-7H2,1H3;1H3,(H,2,3,4)/q+1;. The molecule has 0 radical (unpaired) electrons. The van der Waals surface area contributed by atoms with Gasteiger partial charge in [-0.2, -0.15) is 17.9 Å². The number of carbonyl (C=O) groups is 1. The molecule has 2 bridgehead atoms. The Kier molecular flexibility index (Phi) is 4.38. The van der Waals surface area contributed by atoms with Crippen LogP contribution in [0.2, 0.25) is 0 Å². The summed E-state index contributed by atoms with van der Waals surface area (Å²) in [6, 6.07) is 0.380. The first-order valence-corrected chi connectivity index (χ1v) is 8.67. The van der Waals surface area contributed by atoms with E-state index in [1.165, 1.54) is 20.0 Å². The average molecular weight is 308 g/mol. The maximum atomic E-state index is 11.7. The highest BCUT2D eigenvalue weighted by atomic mass is 32.2. The number of ether oxygens (including phenoxy) is 1. The molecule has 0 saturated carbocycles. The summed E-state index contributed by atoms with van der Waals surface area (Å²) in [6.45, 7) is 2.19. The van der Waals surface area contributed by atoms with Gasteiger partial charge >= 0.3 is 5.97 Å². The molecule has 4 unspecified atom stereocenters. The Morgan fingerprint density at radius 2 is 1.95 bits per heavy atom. The van der Waals surface area contributed by atoms with Crippen LogP contribution in [0.5, 0.6) is 0 Å². The highest BCUT2D eigenvalue weighted by Crippen LogP contribution is 2.47. The highest BCUT2D eigenvalue weighted by Gasteiger charge is 2.64. The van der Waals surface area contributed by atoms with Gasteiger partial charge in [0.1, 0.15) is 31.2 Å². The zero-order valence-corrected chi connectivity index (χ0v) is 12.6. The summed E-state index contributed by atoms with van der Waals surface area (Å²) in [4.78, 5) is 17.8. The number of piperidine rings is 2. The van der Waals surface area contributed by atoms with E-state index in [2.05, 4.69) is 0 Å². The zero-order chi connectivity index (χ0) is 15.0. The molecule has 4 atom stereocenters. The summed E-state index contributed by atoms with van der Waals surface area (Å²) in [7, 11) is -2.18. The predicted molar refractivity (Wildman–Crippen MR) is 70.1 cm³/mol. The second kappa shape index (κ2) is 5.59. The van der Waals surface area contributed by atoms with Gasteiger partial charge in [-0.25, -0.2) is 0 Å². The molecular formula is C12H22NO6S+. The summed E-state index contributed by atoms with van der Waals surface area (Å²) in [5.74, 6) is -0.0596. The van der Waals surface area contributed by atoms with E-state index in [0.717, 1.165) is 30.6 Å². The molecule has 0 aromatic heterocycles. The molecule has 3 saturated heterocycles. The number of hydrogen-bond donors (Lipinski definition) is 1. The van der Waals surface area contributed by atoms with Gasteiger partial charge in [-0.1, -0.05) is 0 Å². The van der Waals surface area contributed by atoms with Gasteiger partial charge < -0.3 is 4.74 Å². The molecule has 3 fully saturated rings. The van der Waals surface area contributed by atoms with Gasteiger partial charge in [-0.15, -0.1) is 0 Å². The van der Waals surface area contributed by atoms with Crippen molar-refractivity contribution in [2.75, 3.05) is 26.5 Å². The molecule has 1 spiro atoms. The number of quaternary nitrogens is 1. The van der Waals surface area contributed by atoms with Crippen molar-refractivity contribution < 1.29 is 32.0 Å². The summed E-state index contributed by atoms with van der Waals surface area (Å²) >= 11 is 0. The Hall–Kier alpha value is -0.700. The first-order chi connectivity index (χ1) is 9.27. The van der Waals surface area contributed by atoms with Crippen LogP contribution < -0.4 is 0 Å². The van der Waals surface area contributed by atoms with Crippen molar-refractivity contribution in [2.45, 2.75) is 37.8 Å². The van der Waals surface area contributed by atoms with Crippen LogP contribution in [-0.2, 0) is 24.5 Å². The molecule has 8 heteroatoms. The molecule has 0 aromatic rings.